The van der Waals surface area contributed by atoms with Gasteiger partial charge in [-0.3, -0.25) is 0 Å². The van der Waals surface area contributed by atoms with E-state index in [9.17, 15) is 0 Å². The van der Waals surface area contributed by atoms with Gasteiger partial charge in [0.05, 0.1) is 0 Å². The zero-order chi connectivity index (χ0) is 11.0. The molecule has 0 unspecified atom stereocenters. The van der Waals surface area contributed by atoms with Gasteiger partial charge in [-0.25, -0.2) is 9.97 Å². The number of rotatable bonds is 2. The smallest absolute Gasteiger partial charge is 0.256 e. The van der Waals surface area contributed by atoms with E-state index in [-0.39, 0.29) is 0 Å². The summed E-state index contributed by atoms with van der Waals surface area (Å²) in [7, 11) is 0. The van der Waals surface area contributed by atoms with E-state index in [1.54, 1.807) is 6.20 Å². The Labute approximate surface area is 96.8 Å². The summed E-state index contributed by atoms with van der Waals surface area (Å²) in [4.78, 5) is 8.63. The van der Waals surface area contributed by atoms with Crippen LogP contribution in [0, 0.1) is 0 Å². The number of fused-ring (bicyclic) bond motifs is 1. The highest BCUT2D eigenvalue weighted by Gasteiger charge is 2.10. The Balaban J connectivity index is 2.16. The third-order valence-electron chi connectivity index (χ3n) is 2.48. The lowest BCUT2D eigenvalue weighted by molar-refractivity contribution is 0.619. The second-order valence-corrected chi connectivity index (χ2v) is 4.41. The third kappa shape index (κ3) is 1.51. The molecule has 0 atom stereocenters. The molecule has 0 aliphatic rings. The lowest BCUT2D eigenvalue weighted by Crippen LogP contribution is -1.78. The van der Waals surface area contributed by atoms with Crippen LogP contribution >= 0.6 is 11.3 Å². The van der Waals surface area contributed by atoms with Crippen LogP contribution in [0.25, 0.3) is 22.0 Å². The first-order chi connectivity index (χ1) is 7.86. The minimum atomic E-state index is 0.609. The summed E-state index contributed by atoms with van der Waals surface area (Å²) in [6, 6.07) is 6.10. The van der Waals surface area contributed by atoms with Gasteiger partial charge in [-0.15, -0.1) is 11.3 Å². The molecule has 0 N–H and O–H groups in total. The second-order valence-electron chi connectivity index (χ2n) is 3.51. The van der Waals surface area contributed by atoms with Crippen molar-refractivity contribution < 1.29 is 4.42 Å². The predicted molar refractivity (Wildman–Crippen MR) is 64.5 cm³/mol. The monoisotopic (exact) mass is 230 g/mol. The van der Waals surface area contributed by atoms with E-state index in [1.165, 1.54) is 16.9 Å². The summed E-state index contributed by atoms with van der Waals surface area (Å²) in [6.45, 7) is 2.13. The van der Waals surface area contributed by atoms with Crippen molar-refractivity contribution in [3.63, 3.8) is 0 Å². The van der Waals surface area contributed by atoms with E-state index in [4.69, 9.17) is 4.42 Å². The van der Waals surface area contributed by atoms with Crippen LogP contribution in [-0.4, -0.2) is 9.97 Å². The maximum absolute atomic E-state index is 5.65. The van der Waals surface area contributed by atoms with Gasteiger partial charge in [-0.2, -0.15) is 0 Å². The summed E-state index contributed by atoms with van der Waals surface area (Å²) >= 11 is 1.53. The molecule has 1 aromatic carbocycles. The summed E-state index contributed by atoms with van der Waals surface area (Å²) < 4.78 is 5.65. The van der Waals surface area contributed by atoms with Crippen molar-refractivity contribution in [2.75, 3.05) is 0 Å². The number of aryl methyl sites for hydroxylation is 1. The predicted octanol–water partition coefficient (Wildman–Crippen LogP) is 3.51. The van der Waals surface area contributed by atoms with Gasteiger partial charge in [0.1, 0.15) is 5.52 Å². The Kier molecular flexibility index (Phi) is 2.22. The van der Waals surface area contributed by atoms with Crippen LogP contribution < -0.4 is 0 Å². The minimum Gasteiger partial charge on any atom is -0.434 e. The van der Waals surface area contributed by atoms with Crippen LogP contribution in [0.4, 0.5) is 0 Å². The molecule has 0 bridgehead atoms. The number of thiazole rings is 1. The summed E-state index contributed by atoms with van der Waals surface area (Å²) in [5.41, 5.74) is 3.00. The van der Waals surface area contributed by atoms with Gasteiger partial charge in [-0.1, -0.05) is 13.0 Å². The number of aromatic nitrogens is 2. The number of oxazole rings is 1. The van der Waals surface area contributed by atoms with Crippen molar-refractivity contribution >= 4 is 22.4 Å². The van der Waals surface area contributed by atoms with Crippen LogP contribution in [0.1, 0.15) is 12.5 Å². The van der Waals surface area contributed by atoms with E-state index in [1.807, 2.05) is 11.4 Å². The maximum Gasteiger partial charge on any atom is 0.256 e. The first-order valence-electron chi connectivity index (χ1n) is 5.16. The standard InChI is InChI=1S/C12H10N2OS/c1-2-8-3-4-10-9(7-8)14-11(15-10)12-13-5-6-16-12/h3-7H,2H2,1H3. The van der Waals surface area contributed by atoms with Crippen molar-refractivity contribution in [1.82, 2.24) is 9.97 Å². The Bertz CT molecular complexity index is 613. The molecule has 0 saturated carbocycles. The molecule has 80 valence electrons. The molecule has 4 heteroatoms. The van der Waals surface area contributed by atoms with Gasteiger partial charge in [0.2, 0.25) is 0 Å². The topological polar surface area (TPSA) is 38.9 Å². The maximum atomic E-state index is 5.65. The molecule has 3 rings (SSSR count). The van der Waals surface area contributed by atoms with Crippen molar-refractivity contribution in [1.29, 1.82) is 0 Å². The molecule has 2 aromatic heterocycles. The fraction of sp³-hybridized carbons (Fsp3) is 0.167. The minimum absolute atomic E-state index is 0.609. The zero-order valence-electron chi connectivity index (χ0n) is 8.80. The molecule has 0 fully saturated rings. The first-order valence-corrected chi connectivity index (χ1v) is 6.04. The van der Waals surface area contributed by atoms with Crippen LogP contribution in [0.2, 0.25) is 0 Å². The molecule has 0 saturated heterocycles. The third-order valence-corrected chi connectivity index (χ3v) is 3.24. The number of nitrogens with zero attached hydrogens (tertiary/aromatic N) is 2. The summed E-state index contributed by atoms with van der Waals surface area (Å²) in [5.74, 6) is 0.609. The SMILES string of the molecule is CCc1ccc2oc(-c3nccs3)nc2c1. The Morgan fingerprint density at radius 2 is 2.31 bits per heavy atom. The van der Waals surface area contributed by atoms with E-state index >= 15 is 0 Å². The van der Waals surface area contributed by atoms with Gasteiger partial charge < -0.3 is 4.42 Å². The summed E-state index contributed by atoms with van der Waals surface area (Å²) in [6.07, 6.45) is 2.77. The lowest BCUT2D eigenvalue weighted by Gasteiger charge is -1.92. The molecule has 2 heterocycles. The van der Waals surface area contributed by atoms with Gasteiger partial charge in [0.15, 0.2) is 10.6 Å². The molecular weight excluding hydrogens is 220 g/mol. The zero-order valence-corrected chi connectivity index (χ0v) is 9.62. The molecule has 0 aliphatic carbocycles. The van der Waals surface area contributed by atoms with Crippen molar-refractivity contribution in [2.45, 2.75) is 13.3 Å². The van der Waals surface area contributed by atoms with Crippen LogP contribution in [-0.2, 0) is 6.42 Å². The normalized spacial score (nSPS) is 11.1. The second kappa shape index (κ2) is 3.72. The number of benzene rings is 1. The van der Waals surface area contributed by atoms with E-state index in [0.717, 1.165) is 22.5 Å². The van der Waals surface area contributed by atoms with Gasteiger partial charge in [-0.05, 0) is 24.1 Å². The van der Waals surface area contributed by atoms with E-state index in [0.29, 0.717) is 5.89 Å². The number of hydrogen-bond donors (Lipinski definition) is 0. The molecule has 3 aromatic rings. The largest absolute Gasteiger partial charge is 0.434 e. The van der Waals surface area contributed by atoms with Crippen LogP contribution in [0.3, 0.4) is 0 Å². The Morgan fingerprint density at radius 1 is 1.38 bits per heavy atom. The molecule has 0 aliphatic heterocycles. The highest BCUT2D eigenvalue weighted by atomic mass is 32.1. The molecule has 16 heavy (non-hydrogen) atoms. The van der Waals surface area contributed by atoms with Gasteiger partial charge >= 0.3 is 0 Å². The van der Waals surface area contributed by atoms with Crippen LogP contribution in [0.5, 0.6) is 0 Å². The van der Waals surface area contributed by atoms with Gasteiger partial charge in [0, 0.05) is 11.6 Å². The fourth-order valence-corrected chi connectivity index (χ4v) is 2.17. The van der Waals surface area contributed by atoms with Crippen molar-refractivity contribution in [2.24, 2.45) is 0 Å². The first kappa shape index (κ1) is 9.54. The van der Waals surface area contributed by atoms with Crippen LogP contribution in [0.15, 0.2) is 34.2 Å². The quantitative estimate of drug-likeness (QED) is 0.676. The fourth-order valence-electron chi connectivity index (χ4n) is 1.61. The molecule has 0 amide bonds. The molecule has 3 nitrogen and oxygen atoms in total. The van der Waals surface area contributed by atoms with Crippen molar-refractivity contribution in [3.05, 3.63) is 35.3 Å². The highest BCUT2D eigenvalue weighted by Crippen LogP contribution is 2.26. The molecular formula is C12H10N2OS. The molecule has 0 spiro atoms. The number of hydrogen-bond acceptors (Lipinski definition) is 4. The highest BCUT2D eigenvalue weighted by molar-refractivity contribution is 7.12. The van der Waals surface area contributed by atoms with Crippen molar-refractivity contribution in [3.8, 4) is 10.9 Å². The summed E-state index contributed by atoms with van der Waals surface area (Å²) in [5, 5.41) is 2.75. The van der Waals surface area contributed by atoms with E-state index < -0.39 is 0 Å². The Morgan fingerprint density at radius 3 is 3.06 bits per heavy atom. The Hall–Kier alpha value is -1.68. The average molecular weight is 230 g/mol. The lowest BCUT2D eigenvalue weighted by atomic mass is 10.1. The van der Waals surface area contributed by atoms with E-state index in [2.05, 4.69) is 29.0 Å². The molecule has 0 radical (unpaired) electrons. The van der Waals surface area contributed by atoms with Gasteiger partial charge in [0.25, 0.3) is 5.89 Å². The average Bonchev–Trinajstić information content (AvgIpc) is 2.96.